The molecule has 0 saturated carbocycles. The van der Waals surface area contributed by atoms with Crippen LogP contribution >= 0.6 is 0 Å². The first kappa shape index (κ1) is 36.6. The van der Waals surface area contributed by atoms with Gasteiger partial charge in [0.1, 0.15) is 22.5 Å². The molecule has 14 nitrogen and oxygen atoms in total. The second-order valence-corrected chi connectivity index (χ2v) is 12.1. The van der Waals surface area contributed by atoms with E-state index in [1.165, 1.54) is 0 Å². The lowest BCUT2D eigenvalue weighted by molar-refractivity contribution is -0.248. The van der Waals surface area contributed by atoms with Gasteiger partial charge in [-0.1, -0.05) is 36.4 Å². The van der Waals surface area contributed by atoms with Gasteiger partial charge in [0.2, 0.25) is 0 Å². The van der Waals surface area contributed by atoms with Gasteiger partial charge in [0, 0.05) is 11.1 Å². The average molecular weight is 750 g/mol. The molecule has 0 aliphatic rings. The van der Waals surface area contributed by atoms with E-state index in [4.69, 9.17) is 24.5 Å². The summed E-state index contributed by atoms with van der Waals surface area (Å²) in [6.07, 6.45) is 0. The van der Waals surface area contributed by atoms with Crippen LogP contribution in [0.25, 0.3) is 56.1 Å². The number of rotatable bonds is 12. The summed E-state index contributed by atoms with van der Waals surface area (Å²) in [4.78, 5) is 34.2. The first-order valence-corrected chi connectivity index (χ1v) is 17.6. The quantitative estimate of drug-likeness (QED) is 0.0816. The zero-order valence-corrected chi connectivity index (χ0v) is 30.2. The molecule has 8 aromatic rings. The Hall–Kier alpha value is -7.74. The maximum Gasteiger partial charge on any atom is 0.388 e. The fourth-order valence-corrected chi connectivity index (χ4v) is 5.61. The van der Waals surface area contributed by atoms with Crippen LogP contribution in [0.5, 0.6) is 11.5 Å². The molecular weight excluding hydrogens is 715 g/mol. The van der Waals surface area contributed by atoms with Gasteiger partial charge in [-0.25, -0.2) is 14.5 Å². The number of carboxylic acid groups (broad SMARTS) is 1. The van der Waals surface area contributed by atoms with Crippen LogP contribution in [0.3, 0.4) is 0 Å². The van der Waals surface area contributed by atoms with Gasteiger partial charge in [-0.15, -0.1) is 5.10 Å². The topological polar surface area (TPSA) is 179 Å². The summed E-state index contributed by atoms with van der Waals surface area (Å²) < 4.78 is 10.9. The fourth-order valence-electron chi connectivity index (χ4n) is 5.61. The predicted octanol–water partition coefficient (Wildman–Crippen LogP) is 7.93. The third-order valence-electron chi connectivity index (χ3n) is 8.46. The number of para-hydroxylation sites is 1. The number of fused-ring (bicyclic) bond motifs is 1. The molecule has 0 saturated heterocycles. The number of aromatic carboxylic acids is 1. The Morgan fingerprint density at radius 1 is 0.625 bits per heavy atom. The van der Waals surface area contributed by atoms with Gasteiger partial charge in [0.25, 0.3) is 0 Å². The number of carbonyl (C=O) groups is 2. The van der Waals surface area contributed by atoms with E-state index in [-0.39, 0.29) is 5.56 Å². The Labute approximate surface area is 320 Å². The standard InChI is InChI=1S/C24H19N5O4.C18H16N2O3/c1-2-31-19-13-11-17(12-14-19)22-15-21(25-26-22)16-7-9-18(10-8-16)24(30)32-33-29-23-6-4-3-5-20(23)27-28-29;1-2-23-15-9-7-13(8-10-15)17-11-16(19-20-17)12-3-5-14(6-4-12)18(21)22/h3-15H,2H2,1H3,(H,25,26);3-11H,2H2,1H3,(H,19,20)(H,21,22). The summed E-state index contributed by atoms with van der Waals surface area (Å²) in [5, 5.41) is 31.4. The van der Waals surface area contributed by atoms with Crippen LogP contribution in [0.2, 0.25) is 0 Å². The highest BCUT2D eigenvalue weighted by Gasteiger charge is 2.14. The normalized spacial score (nSPS) is 10.7. The number of H-pyrrole nitrogens is 2. The molecule has 5 aromatic carbocycles. The first-order chi connectivity index (χ1) is 27.4. The highest BCUT2D eigenvalue weighted by atomic mass is 17.3. The maximum absolute atomic E-state index is 12.3. The van der Waals surface area contributed by atoms with Crippen LogP contribution in [0.1, 0.15) is 34.6 Å². The van der Waals surface area contributed by atoms with Crippen molar-refractivity contribution in [3.8, 4) is 56.5 Å². The largest absolute Gasteiger partial charge is 0.494 e. The molecule has 0 atom stereocenters. The Morgan fingerprint density at radius 3 is 1.61 bits per heavy atom. The number of hydrogen-bond donors (Lipinski definition) is 3. The molecule has 3 heterocycles. The summed E-state index contributed by atoms with van der Waals surface area (Å²) in [6, 6.07) is 40.1. The van der Waals surface area contributed by atoms with Crippen LogP contribution in [0.4, 0.5) is 0 Å². The number of nitrogens with one attached hydrogen (secondary N) is 2. The molecule has 14 heteroatoms. The van der Waals surface area contributed by atoms with Crippen molar-refractivity contribution < 1.29 is 34.0 Å². The second kappa shape index (κ2) is 16.9. The van der Waals surface area contributed by atoms with E-state index < -0.39 is 11.9 Å². The molecule has 280 valence electrons. The minimum atomic E-state index is -0.934. The van der Waals surface area contributed by atoms with E-state index in [0.717, 1.165) is 61.4 Å². The van der Waals surface area contributed by atoms with Crippen molar-refractivity contribution in [3.63, 3.8) is 0 Å². The van der Waals surface area contributed by atoms with Crippen molar-refractivity contribution >= 4 is 23.0 Å². The Bertz CT molecular complexity index is 2540. The Morgan fingerprint density at radius 2 is 1.11 bits per heavy atom. The van der Waals surface area contributed by atoms with Crippen LogP contribution in [-0.4, -0.2) is 65.8 Å². The Balaban J connectivity index is 0.000000183. The van der Waals surface area contributed by atoms with Crippen molar-refractivity contribution in [1.82, 2.24) is 35.6 Å². The smallest absolute Gasteiger partial charge is 0.388 e. The number of hydrogen-bond acceptors (Lipinski definition) is 10. The molecule has 0 unspecified atom stereocenters. The minimum absolute atomic E-state index is 0.264. The summed E-state index contributed by atoms with van der Waals surface area (Å²) in [5.41, 5.74) is 8.82. The van der Waals surface area contributed by atoms with E-state index in [2.05, 4.69) is 30.7 Å². The highest BCUT2D eigenvalue weighted by Crippen LogP contribution is 2.27. The third-order valence-corrected chi connectivity index (χ3v) is 8.46. The van der Waals surface area contributed by atoms with Gasteiger partial charge < -0.3 is 14.6 Å². The van der Waals surface area contributed by atoms with Crippen molar-refractivity contribution in [2.75, 3.05) is 13.2 Å². The maximum atomic E-state index is 12.3. The van der Waals surface area contributed by atoms with E-state index in [0.29, 0.717) is 29.8 Å². The van der Waals surface area contributed by atoms with Gasteiger partial charge in [0.15, 0.2) is 0 Å². The van der Waals surface area contributed by atoms with E-state index in [1.54, 1.807) is 60.7 Å². The zero-order chi connectivity index (χ0) is 38.9. The number of ether oxygens (including phenoxy) is 2. The molecule has 0 fully saturated rings. The SMILES string of the molecule is CCOc1ccc(-c2cc(-c3ccc(C(=O)O)cc3)[nH]n2)cc1.CCOc1ccc(-c2cc(-c3ccc(C(=O)OOn4nnc5ccccc54)cc3)[nH]n2)cc1. The molecule has 56 heavy (non-hydrogen) atoms. The Kier molecular flexibility index (Phi) is 11.1. The number of carbonyl (C=O) groups excluding carboxylic acids is 1. The molecule has 8 rings (SSSR count). The van der Waals surface area contributed by atoms with Gasteiger partial charge in [0.05, 0.1) is 47.1 Å². The number of carboxylic acids is 1. The summed E-state index contributed by atoms with van der Waals surface area (Å²) >= 11 is 0. The summed E-state index contributed by atoms with van der Waals surface area (Å²) in [6.45, 7) is 5.16. The van der Waals surface area contributed by atoms with Crippen LogP contribution in [0, 0.1) is 0 Å². The van der Waals surface area contributed by atoms with Crippen molar-refractivity contribution in [2.24, 2.45) is 0 Å². The predicted molar refractivity (Wildman–Crippen MR) is 208 cm³/mol. The second-order valence-electron chi connectivity index (χ2n) is 12.1. The molecule has 3 aromatic heterocycles. The minimum Gasteiger partial charge on any atom is -0.494 e. The molecule has 0 aliphatic heterocycles. The molecule has 0 spiro atoms. The van der Waals surface area contributed by atoms with Crippen molar-refractivity contribution in [1.29, 1.82) is 0 Å². The van der Waals surface area contributed by atoms with Crippen molar-refractivity contribution in [3.05, 3.63) is 145 Å². The number of aromatic amines is 2. The average Bonchev–Trinajstić information content (AvgIpc) is 4.03. The number of aromatic nitrogens is 7. The molecule has 0 aliphatic carbocycles. The van der Waals surface area contributed by atoms with Gasteiger partial charge in [-0.2, -0.15) is 15.2 Å². The lowest BCUT2D eigenvalue weighted by Gasteiger charge is -2.04. The van der Waals surface area contributed by atoms with Crippen LogP contribution < -0.4 is 14.5 Å². The lowest BCUT2D eigenvalue weighted by Crippen LogP contribution is -2.18. The number of benzene rings is 5. The summed E-state index contributed by atoms with van der Waals surface area (Å²) in [5.74, 6) is 0.0637. The molecule has 0 amide bonds. The van der Waals surface area contributed by atoms with Crippen molar-refractivity contribution in [2.45, 2.75) is 13.8 Å². The molecule has 0 radical (unpaired) electrons. The van der Waals surface area contributed by atoms with E-state index in [9.17, 15) is 9.59 Å². The zero-order valence-electron chi connectivity index (χ0n) is 30.2. The van der Waals surface area contributed by atoms with E-state index in [1.807, 2.05) is 86.6 Å². The molecule has 0 bridgehead atoms. The third kappa shape index (κ3) is 8.55. The van der Waals surface area contributed by atoms with Gasteiger partial charge in [-0.05, 0) is 132 Å². The van der Waals surface area contributed by atoms with Gasteiger partial charge >= 0.3 is 11.9 Å². The van der Waals surface area contributed by atoms with Crippen LogP contribution in [0.15, 0.2) is 133 Å². The summed E-state index contributed by atoms with van der Waals surface area (Å²) in [7, 11) is 0. The fraction of sp³-hybridized carbons (Fsp3) is 0.0952. The molecular formula is C42H35N7O7. The van der Waals surface area contributed by atoms with Crippen LogP contribution in [-0.2, 0) is 4.89 Å². The highest BCUT2D eigenvalue weighted by molar-refractivity contribution is 5.90. The van der Waals surface area contributed by atoms with Gasteiger partial charge in [-0.3, -0.25) is 10.2 Å². The first-order valence-electron chi connectivity index (χ1n) is 17.6. The lowest BCUT2D eigenvalue weighted by atomic mass is 10.1. The van der Waals surface area contributed by atoms with E-state index >= 15 is 0 Å². The molecule has 3 N–H and O–H groups in total. The monoisotopic (exact) mass is 749 g/mol. The number of nitrogens with zero attached hydrogens (tertiary/aromatic N) is 5.